The number of benzene rings is 1. The van der Waals surface area contributed by atoms with Crippen LogP contribution in [0.2, 0.25) is 0 Å². The van der Waals surface area contributed by atoms with E-state index in [1.165, 1.54) is 0 Å². The number of nitrogens with one attached hydrogen (secondary N) is 2. The molecule has 0 unspecified atom stereocenters. The van der Waals surface area contributed by atoms with E-state index in [1.807, 2.05) is 49.1 Å². The summed E-state index contributed by atoms with van der Waals surface area (Å²) in [5.41, 5.74) is 2.51. The lowest BCUT2D eigenvalue weighted by Gasteiger charge is -2.34. The van der Waals surface area contributed by atoms with E-state index >= 15 is 0 Å². The fraction of sp³-hybridized carbons (Fsp3) is 0.550. The lowest BCUT2D eigenvalue weighted by atomic mass is 9.93. The number of carbonyl (C=O) groups is 3. The number of urea groups is 1. The highest BCUT2D eigenvalue weighted by Gasteiger charge is 2.48. The standard InChI is InChI=1S/C20H28N4O4/c1-14-11-23(12-15(2)28-14)13-17(25)22-24-18(26)20(3,21-19(24)27)10-9-16-7-5-4-6-8-16/h4-8,14-15H,9-13H2,1-3H3,(H,21,27)(H,22,25)/t14-,15+,20-/m1/s1. The maximum atomic E-state index is 12.8. The number of ether oxygens (including phenoxy) is 1. The smallest absolute Gasteiger partial charge is 0.344 e. The van der Waals surface area contributed by atoms with Crippen LogP contribution in [0.3, 0.4) is 0 Å². The molecule has 0 saturated carbocycles. The first kappa shape index (κ1) is 20.3. The van der Waals surface area contributed by atoms with Gasteiger partial charge in [0.2, 0.25) is 0 Å². The zero-order valence-corrected chi connectivity index (χ0v) is 16.6. The third-order valence-electron chi connectivity index (χ3n) is 5.12. The number of hydrazine groups is 1. The molecular formula is C20H28N4O4. The summed E-state index contributed by atoms with van der Waals surface area (Å²) in [6.07, 6.45) is 1.17. The summed E-state index contributed by atoms with van der Waals surface area (Å²) in [4.78, 5) is 39.4. The number of morpholine rings is 1. The Morgan fingerprint density at radius 1 is 1.21 bits per heavy atom. The molecule has 2 saturated heterocycles. The van der Waals surface area contributed by atoms with Crippen LogP contribution in [0.25, 0.3) is 0 Å². The van der Waals surface area contributed by atoms with Crippen LogP contribution in [-0.2, 0) is 20.7 Å². The van der Waals surface area contributed by atoms with Crippen LogP contribution >= 0.6 is 0 Å². The van der Waals surface area contributed by atoms with E-state index in [4.69, 9.17) is 4.74 Å². The largest absolute Gasteiger partial charge is 0.373 e. The van der Waals surface area contributed by atoms with Crippen LogP contribution in [0, 0.1) is 0 Å². The summed E-state index contributed by atoms with van der Waals surface area (Å²) in [5, 5.41) is 3.52. The number of aryl methyl sites for hydroxylation is 1. The second kappa shape index (κ2) is 8.28. The molecule has 0 radical (unpaired) electrons. The van der Waals surface area contributed by atoms with Crippen molar-refractivity contribution in [2.24, 2.45) is 0 Å². The maximum Gasteiger partial charge on any atom is 0.344 e. The zero-order chi connectivity index (χ0) is 20.3. The fourth-order valence-electron chi connectivity index (χ4n) is 3.77. The normalized spacial score (nSPS) is 28.3. The first-order chi connectivity index (χ1) is 13.3. The molecule has 1 aromatic rings. The van der Waals surface area contributed by atoms with Crippen molar-refractivity contribution >= 4 is 17.8 Å². The monoisotopic (exact) mass is 388 g/mol. The van der Waals surface area contributed by atoms with Crippen LogP contribution in [-0.4, -0.2) is 65.1 Å². The molecule has 0 spiro atoms. The molecule has 0 aliphatic carbocycles. The lowest BCUT2D eigenvalue weighted by Crippen LogP contribution is -2.54. The van der Waals surface area contributed by atoms with Gasteiger partial charge in [-0.25, -0.2) is 4.79 Å². The van der Waals surface area contributed by atoms with Gasteiger partial charge in [-0.1, -0.05) is 30.3 Å². The van der Waals surface area contributed by atoms with Crippen molar-refractivity contribution < 1.29 is 19.1 Å². The molecule has 0 bridgehead atoms. The number of nitrogens with zero attached hydrogens (tertiary/aromatic N) is 2. The second-order valence-electron chi connectivity index (χ2n) is 7.87. The minimum atomic E-state index is -1.04. The van der Waals surface area contributed by atoms with E-state index < -0.39 is 23.4 Å². The van der Waals surface area contributed by atoms with Gasteiger partial charge in [-0.3, -0.25) is 19.9 Å². The minimum Gasteiger partial charge on any atom is -0.373 e. The molecule has 1 aromatic carbocycles. The van der Waals surface area contributed by atoms with Gasteiger partial charge in [0, 0.05) is 13.1 Å². The molecular weight excluding hydrogens is 360 g/mol. The van der Waals surface area contributed by atoms with E-state index in [-0.39, 0.29) is 18.8 Å². The maximum absolute atomic E-state index is 12.8. The average molecular weight is 388 g/mol. The van der Waals surface area contributed by atoms with Crippen molar-refractivity contribution in [1.82, 2.24) is 20.7 Å². The van der Waals surface area contributed by atoms with Crippen molar-refractivity contribution in [3.63, 3.8) is 0 Å². The molecule has 152 valence electrons. The summed E-state index contributed by atoms with van der Waals surface area (Å²) in [6.45, 7) is 6.97. The SMILES string of the molecule is C[C@@H]1CN(CC(=O)NN2C(=O)N[C@](C)(CCc3ccccc3)C2=O)C[C@H](C)O1. The zero-order valence-electron chi connectivity index (χ0n) is 16.6. The van der Waals surface area contributed by atoms with Gasteiger partial charge in [0.1, 0.15) is 5.54 Å². The van der Waals surface area contributed by atoms with Gasteiger partial charge in [-0.2, -0.15) is 5.01 Å². The Labute approximate surface area is 165 Å². The van der Waals surface area contributed by atoms with Crippen molar-refractivity contribution in [2.75, 3.05) is 19.6 Å². The number of rotatable bonds is 6. The van der Waals surface area contributed by atoms with Gasteiger partial charge >= 0.3 is 6.03 Å². The molecule has 3 rings (SSSR count). The highest BCUT2D eigenvalue weighted by molar-refractivity contribution is 6.07. The van der Waals surface area contributed by atoms with E-state index in [1.54, 1.807) is 6.92 Å². The van der Waals surface area contributed by atoms with Crippen molar-refractivity contribution in [3.8, 4) is 0 Å². The fourth-order valence-corrected chi connectivity index (χ4v) is 3.77. The number of amides is 4. The predicted molar refractivity (Wildman–Crippen MR) is 103 cm³/mol. The number of hydrogen-bond acceptors (Lipinski definition) is 5. The van der Waals surface area contributed by atoms with E-state index in [0.29, 0.717) is 25.9 Å². The Morgan fingerprint density at radius 2 is 1.86 bits per heavy atom. The summed E-state index contributed by atoms with van der Waals surface area (Å²) < 4.78 is 5.65. The van der Waals surface area contributed by atoms with Gasteiger partial charge in [0.15, 0.2) is 0 Å². The van der Waals surface area contributed by atoms with Crippen LogP contribution in [0.1, 0.15) is 32.8 Å². The molecule has 8 nitrogen and oxygen atoms in total. The number of imide groups is 1. The predicted octanol–water partition coefficient (Wildman–Crippen LogP) is 1.07. The third-order valence-corrected chi connectivity index (χ3v) is 5.12. The second-order valence-corrected chi connectivity index (χ2v) is 7.87. The Hall–Kier alpha value is -2.45. The molecule has 2 N–H and O–H groups in total. The van der Waals surface area contributed by atoms with Crippen molar-refractivity contribution in [1.29, 1.82) is 0 Å². The molecule has 8 heteroatoms. The van der Waals surface area contributed by atoms with E-state index in [0.717, 1.165) is 10.6 Å². The lowest BCUT2D eigenvalue weighted by molar-refractivity contribution is -0.140. The molecule has 0 aromatic heterocycles. The Kier molecular flexibility index (Phi) is 6.00. The van der Waals surface area contributed by atoms with Crippen LogP contribution in [0.15, 0.2) is 30.3 Å². The van der Waals surface area contributed by atoms with Crippen molar-refractivity contribution in [3.05, 3.63) is 35.9 Å². The average Bonchev–Trinajstić information content (AvgIpc) is 2.83. The quantitative estimate of drug-likeness (QED) is 0.712. The highest BCUT2D eigenvalue weighted by Crippen LogP contribution is 2.22. The van der Waals surface area contributed by atoms with Gasteiger partial charge in [-0.15, -0.1) is 0 Å². The van der Waals surface area contributed by atoms with Crippen LogP contribution in [0.4, 0.5) is 4.79 Å². The molecule has 4 amide bonds. The Morgan fingerprint density at radius 3 is 2.50 bits per heavy atom. The van der Waals surface area contributed by atoms with Crippen LogP contribution in [0.5, 0.6) is 0 Å². The highest BCUT2D eigenvalue weighted by atomic mass is 16.5. The van der Waals surface area contributed by atoms with E-state index in [2.05, 4.69) is 10.7 Å². The number of hydrogen-bond donors (Lipinski definition) is 2. The minimum absolute atomic E-state index is 0.0366. The number of carbonyl (C=O) groups excluding carboxylic acids is 3. The topological polar surface area (TPSA) is 91.0 Å². The first-order valence-electron chi connectivity index (χ1n) is 9.65. The summed E-state index contributed by atoms with van der Waals surface area (Å²) in [5.74, 6) is -0.831. The van der Waals surface area contributed by atoms with Gasteiger partial charge in [0.05, 0.1) is 18.8 Å². The summed E-state index contributed by atoms with van der Waals surface area (Å²) >= 11 is 0. The Bertz CT molecular complexity index is 731. The third kappa shape index (κ3) is 4.69. The van der Waals surface area contributed by atoms with Crippen molar-refractivity contribution in [2.45, 2.75) is 51.4 Å². The summed E-state index contributed by atoms with van der Waals surface area (Å²) in [6, 6.07) is 9.17. The van der Waals surface area contributed by atoms with E-state index in [9.17, 15) is 14.4 Å². The molecule has 2 aliphatic heterocycles. The van der Waals surface area contributed by atoms with Gasteiger partial charge < -0.3 is 10.1 Å². The molecule has 2 heterocycles. The first-order valence-corrected chi connectivity index (χ1v) is 9.65. The molecule has 2 aliphatic rings. The molecule has 3 atom stereocenters. The van der Waals surface area contributed by atoms with Crippen LogP contribution < -0.4 is 10.7 Å². The Balaban J connectivity index is 1.56. The molecule has 28 heavy (non-hydrogen) atoms. The van der Waals surface area contributed by atoms with Gasteiger partial charge in [-0.05, 0) is 39.2 Å². The summed E-state index contributed by atoms with van der Waals surface area (Å²) in [7, 11) is 0. The molecule has 2 fully saturated rings. The van der Waals surface area contributed by atoms with Gasteiger partial charge in [0.25, 0.3) is 11.8 Å².